The standard InChI is InChI=1S/C20H28N4O3/c1-12(2)22-19(25)21-11-20(3,4)18-15-7-5-6-14(15)16-10-13(24(26)27)8-9-17(16)23-18/h5-6,8-10,12,14-15,18,23H,7,11H2,1-4H3,(H2,21,22,25). The van der Waals surface area contributed by atoms with Gasteiger partial charge in [0.1, 0.15) is 0 Å². The van der Waals surface area contributed by atoms with Crippen molar-refractivity contribution in [3.05, 3.63) is 46.0 Å². The minimum absolute atomic E-state index is 0.0898. The van der Waals surface area contributed by atoms with Crippen LogP contribution < -0.4 is 16.0 Å². The van der Waals surface area contributed by atoms with Gasteiger partial charge in [0.05, 0.1) is 4.92 Å². The van der Waals surface area contributed by atoms with Crippen molar-refractivity contribution in [1.82, 2.24) is 10.6 Å². The number of nitrogens with one attached hydrogen (secondary N) is 3. The third-order valence-electron chi connectivity index (χ3n) is 5.52. The quantitative estimate of drug-likeness (QED) is 0.416. The molecule has 7 nitrogen and oxygen atoms in total. The van der Waals surface area contributed by atoms with Crippen molar-refractivity contribution in [1.29, 1.82) is 0 Å². The fraction of sp³-hybridized carbons (Fsp3) is 0.550. The molecule has 1 aromatic carbocycles. The van der Waals surface area contributed by atoms with Gasteiger partial charge in [0.15, 0.2) is 0 Å². The number of hydrogen-bond donors (Lipinski definition) is 3. The molecule has 1 heterocycles. The lowest BCUT2D eigenvalue weighted by Gasteiger charge is -2.45. The molecule has 2 amide bonds. The lowest BCUT2D eigenvalue weighted by molar-refractivity contribution is -0.384. The largest absolute Gasteiger partial charge is 0.381 e. The van der Waals surface area contributed by atoms with Gasteiger partial charge in [0.25, 0.3) is 5.69 Å². The van der Waals surface area contributed by atoms with E-state index in [9.17, 15) is 14.9 Å². The number of non-ortho nitro benzene ring substituents is 1. The molecular weight excluding hydrogens is 344 g/mol. The molecule has 3 N–H and O–H groups in total. The molecule has 1 aliphatic heterocycles. The molecule has 1 aromatic rings. The molecule has 0 radical (unpaired) electrons. The van der Waals surface area contributed by atoms with Crippen molar-refractivity contribution in [2.24, 2.45) is 11.3 Å². The summed E-state index contributed by atoms with van der Waals surface area (Å²) in [5, 5.41) is 20.6. The summed E-state index contributed by atoms with van der Waals surface area (Å²) in [6.45, 7) is 8.68. The number of rotatable bonds is 5. The number of nitro benzene ring substituents is 1. The highest BCUT2D eigenvalue weighted by Gasteiger charge is 2.44. The van der Waals surface area contributed by atoms with E-state index in [0.717, 1.165) is 17.7 Å². The Hall–Kier alpha value is -2.57. The summed E-state index contributed by atoms with van der Waals surface area (Å²) < 4.78 is 0. The van der Waals surface area contributed by atoms with Gasteiger partial charge in [0, 0.05) is 47.8 Å². The number of fused-ring (bicyclic) bond motifs is 3. The van der Waals surface area contributed by atoms with Crippen molar-refractivity contribution in [3.63, 3.8) is 0 Å². The van der Waals surface area contributed by atoms with E-state index in [1.54, 1.807) is 18.2 Å². The van der Waals surface area contributed by atoms with Gasteiger partial charge in [-0.05, 0) is 37.8 Å². The van der Waals surface area contributed by atoms with E-state index >= 15 is 0 Å². The molecule has 1 aliphatic carbocycles. The van der Waals surface area contributed by atoms with Crippen LogP contribution in [0.5, 0.6) is 0 Å². The maximum Gasteiger partial charge on any atom is 0.315 e. The summed E-state index contributed by atoms with van der Waals surface area (Å²) >= 11 is 0. The second kappa shape index (κ2) is 7.21. The number of anilines is 1. The highest BCUT2D eigenvalue weighted by Crippen LogP contribution is 2.49. The molecule has 7 heteroatoms. The number of hydrogen-bond acceptors (Lipinski definition) is 4. The van der Waals surface area contributed by atoms with Crippen molar-refractivity contribution in [3.8, 4) is 0 Å². The minimum atomic E-state index is -0.346. The van der Waals surface area contributed by atoms with Gasteiger partial charge < -0.3 is 16.0 Å². The first-order chi connectivity index (χ1) is 12.7. The third-order valence-corrected chi connectivity index (χ3v) is 5.52. The van der Waals surface area contributed by atoms with E-state index in [1.165, 1.54) is 0 Å². The van der Waals surface area contributed by atoms with Gasteiger partial charge in [-0.25, -0.2) is 4.79 Å². The van der Waals surface area contributed by atoms with Crippen LogP contribution in [-0.2, 0) is 0 Å². The topological polar surface area (TPSA) is 96.3 Å². The zero-order valence-corrected chi connectivity index (χ0v) is 16.3. The average Bonchev–Trinajstić information content (AvgIpc) is 3.08. The lowest BCUT2D eigenvalue weighted by Crippen LogP contribution is -2.52. The van der Waals surface area contributed by atoms with Crippen molar-refractivity contribution in [2.45, 2.75) is 52.1 Å². The average molecular weight is 372 g/mol. The van der Waals surface area contributed by atoms with Gasteiger partial charge in [-0.3, -0.25) is 10.1 Å². The maximum absolute atomic E-state index is 12.0. The summed E-state index contributed by atoms with van der Waals surface area (Å²) in [5.41, 5.74) is 1.86. The Balaban J connectivity index is 1.81. The molecule has 0 fully saturated rings. The zero-order chi connectivity index (χ0) is 19.8. The first-order valence-corrected chi connectivity index (χ1v) is 9.45. The molecular formula is C20H28N4O3. The predicted octanol–water partition coefficient (Wildman–Crippen LogP) is 3.78. The number of amides is 2. The van der Waals surface area contributed by atoms with Gasteiger partial charge >= 0.3 is 6.03 Å². The summed E-state index contributed by atoms with van der Waals surface area (Å²) in [6, 6.07) is 5.11. The van der Waals surface area contributed by atoms with E-state index in [0.29, 0.717) is 12.5 Å². The maximum atomic E-state index is 12.0. The Bertz CT molecular complexity index is 772. The predicted molar refractivity (Wildman–Crippen MR) is 106 cm³/mol. The van der Waals surface area contributed by atoms with Crippen LogP contribution in [-0.4, -0.2) is 29.6 Å². The van der Waals surface area contributed by atoms with Crippen LogP contribution in [0.2, 0.25) is 0 Å². The van der Waals surface area contributed by atoms with Gasteiger partial charge in [0.2, 0.25) is 0 Å². The third kappa shape index (κ3) is 3.91. The number of carbonyl (C=O) groups excluding carboxylic acids is 1. The fourth-order valence-electron chi connectivity index (χ4n) is 4.20. The van der Waals surface area contributed by atoms with Crippen molar-refractivity contribution >= 4 is 17.4 Å². The van der Waals surface area contributed by atoms with E-state index in [2.05, 4.69) is 41.9 Å². The molecule has 0 saturated heterocycles. The van der Waals surface area contributed by atoms with Crippen LogP contribution in [0.25, 0.3) is 0 Å². The zero-order valence-electron chi connectivity index (χ0n) is 16.3. The number of nitrogens with zero attached hydrogens (tertiary/aromatic N) is 1. The van der Waals surface area contributed by atoms with Gasteiger partial charge in [-0.1, -0.05) is 26.0 Å². The monoisotopic (exact) mass is 372 g/mol. The van der Waals surface area contributed by atoms with Crippen LogP contribution >= 0.6 is 0 Å². The molecule has 2 aliphatic rings. The molecule has 27 heavy (non-hydrogen) atoms. The Morgan fingerprint density at radius 1 is 1.41 bits per heavy atom. The summed E-state index contributed by atoms with van der Waals surface area (Å²) in [6.07, 6.45) is 5.25. The number of benzene rings is 1. The SMILES string of the molecule is CC(C)NC(=O)NCC(C)(C)C1Nc2ccc([N+](=O)[O-])cc2C2C=CCC21. The molecule has 0 spiro atoms. The molecule has 3 rings (SSSR count). The lowest BCUT2D eigenvalue weighted by atomic mass is 9.69. The Kier molecular flexibility index (Phi) is 5.13. The normalized spacial score (nSPS) is 23.4. The second-order valence-electron chi connectivity index (χ2n) is 8.47. The van der Waals surface area contributed by atoms with Crippen LogP contribution in [0.1, 0.15) is 45.6 Å². The molecule has 3 unspecified atom stereocenters. The van der Waals surface area contributed by atoms with Crippen LogP contribution in [0.15, 0.2) is 30.4 Å². The van der Waals surface area contributed by atoms with Crippen LogP contribution in [0.4, 0.5) is 16.2 Å². The second-order valence-corrected chi connectivity index (χ2v) is 8.47. The number of allylic oxidation sites excluding steroid dienone is 2. The number of nitro groups is 1. The highest BCUT2D eigenvalue weighted by atomic mass is 16.6. The smallest absolute Gasteiger partial charge is 0.315 e. The first-order valence-electron chi connectivity index (χ1n) is 9.45. The van der Waals surface area contributed by atoms with Crippen molar-refractivity contribution in [2.75, 3.05) is 11.9 Å². The highest BCUT2D eigenvalue weighted by molar-refractivity contribution is 5.74. The van der Waals surface area contributed by atoms with Crippen molar-refractivity contribution < 1.29 is 9.72 Å². The number of carbonyl (C=O) groups is 1. The summed E-state index contributed by atoms with van der Waals surface area (Å²) in [5.74, 6) is 0.472. The minimum Gasteiger partial charge on any atom is -0.381 e. The Labute approximate surface area is 159 Å². The Morgan fingerprint density at radius 2 is 2.15 bits per heavy atom. The first kappa shape index (κ1) is 19.2. The van der Waals surface area contributed by atoms with Gasteiger partial charge in [-0.2, -0.15) is 0 Å². The Morgan fingerprint density at radius 3 is 2.81 bits per heavy atom. The number of urea groups is 1. The van der Waals surface area contributed by atoms with E-state index in [4.69, 9.17) is 0 Å². The molecule has 0 bridgehead atoms. The molecule has 0 aromatic heterocycles. The molecule has 3 atom stereocenters. The molecule has 0 saturated carbocycles. The summed E-state index contributed by atoms with van der Waals surface area (Å²) in [4.78, 5) is 22.8. The van der Waals surface area contributed by atoms with Crippen LogP contribution in [0, 0.1) is 21.4 Å². The summed E-state index contributed by atoms with van der Waals surface area (Å²) in [7, 11) is 0. The fourth-order valence-corrected chi connectivity index (χ4v) is 4.20. The van der Waals surface area contributed by atoms with Crippen LogP contribution in [0.3, 0.4) is 0 Å². The van der Waals surface area contributed by atoms with E-state index in [1.807, 2.05) is 13.8 Å². The van der Waals surface area contributed by atoms with Gasteiger partial charge in [-0.15, -0.1) is 0 Å². The van der Waals surface area contributed by atoms with E-state index < -0.39 is 0 Å². The molecule has 146 valence electrons. The van der Waals surface area contributed by atoms with E-state index in [-0.39, 0.29) is 40.1 Å².